The van der Waals surface area contributed by atoms with Crippen LogP contribution in [0.1, 0.15) is 0 Å². The van der Waals surface area contributed by atoms with Crippen LogP contribution in [0.15, 0.2) is 0 Å². The van der Waals surface area contributed by atoms with Gasteiger partial charge in [0.2, 0.25) is 0 Å². The van der Waals surface area contributed by atoms with Crippen LogP contribution < -0.4 is 5.11 Å². The Morgan fingerprint density at radius 2 is 1.62 bits per heavy atom. The van der Waals surface area contributed by atoms with Gasteiger partial charge in [-0.2, -0.15) is 0 Å². The van der Waals surface area contributed by atoms with Gasteiger partial charge in [-0.15, -0.1) is 0 Å². The van der Waals surface area contributed by atoms with Gasteiger partial charge < -0.3 is 27.7 Å². The molecule has 0 aromatic rings. The van der Waals surface area contributed by atoms with Crippen molar-refractivity contribution in [2.45, 2.75) is 6.04 Å². The fraction of sp³-hybridized carbons (Fsp3) is 0.889. The topological polar surface area (TPSA) is 67.8 Å². The molecule has 0 saturated heterocycles. The Balaban J connectivity index is 4.34. The average molecular weight is 251 g/mol. The summed E-state index contributed by atoms with van der Waals surface area (Å²) in [5.41, 5.74) is 0. The van der Waals surface area contributed by atoms with E-state index < -0.39 is 14.8 Å². The Morgan fingerprint density at radius 3 is 1.94 bits per heavy atom. The molecule has 0 aliphatic carbocycles. The standard InChI is InChI=1S/C9H21NO5Si/c1-10(2,8-9(11)12)6-7-16(13-3,14-4)15-5/h6-8H2,1-5H3. The third-order valence-electron chi connectivity index (χ3n) is 2.51. The predicted octanol–water partition coefficient (Wildman–Crippen LogP) is -1.31. The first kappa shape index (κ1) is 15.5. The molecule has 0 atom stereocenters. The normalized spacial score (nSPS) is 12.8. The minimum Gasteiger partial charge on any atom is -0.544 e. The number of hydrogen-bond acceptors (Lipinski definition) is 5. The van der Waals surface area contributed by atoms with Crippen molar-refractivity contribution in [1.29, 1.82) is 0 Å². The summed E-state index contributed by atoms with van der Waals surface area (Å²) in [4.78, 5) is 10.5. The van der Waals surface area contributed by atoms with E-state index in [4.69, 9.17) is 13.3 Å². The first-order chi connectivity index (χ1) is 7.31. The number of nitrogens with zero attached hydrogens (tertiary/aromatic N) is 1. The van der Waals surface area contributed by atoms with Gasteiger partial charge in [0.1, 0.15) is 6.54 Å². The second kappa shape index (κ2) is 6.31. The van der Waals surface area contributed by atoms with Crippen molar-refractivity contribution in [2.75, 3.05) is 48.5 Å². The van der Waals surface area contributed by atoms with Crippen molar-refractivity contribution in [3.8, 4) is 0 Å². The fourth-order valence-electron chi connectivity index (χ4n) is 1.42. The quantitative estimate of drug-likeness (QED) is 0.396. The number of quaternary nitrogens is 1. The summed E-state index contributed by atoms with van der Waals surface area (Å²) < 4.78 is 16.1. The van der Waals surface area contributed by atoms with E-state index in [0.29, 0.717) is 17.1 Å². The van der Waals surface area contributed by atoms with E-state index in [-0.39, 0.29) is 6.54 Å². The smallest absolute Gasteiger partial charge is 0.505 e. The Morgan fingerprint density at radius 1 is 1.19 bits per heavy atom. The predicted molar refractivity (Wildman–Crippen MR) is 58.4 cm³/mol. The molecule has 0 radical (unpaired) electrons. The van der Waals surface area contributed by atoms with Crippen LogP contribution in [0.3, 0.4) is 0 Å². The fourth-order valence-corrected chi connectivity index (χ4v) is 3.42. The molecular weight excluding hydrogens is 230 g/mol. The van der Waals surface area contributed by atoms with Crippen LogP contribution in [-0.4, -0.2) is 67.8 Å². The van der Waals surface area contributed by atoms with Gasteiger partial charge in [-0.05, 0) is 0 Å². The minimum absolute atomic E-state index is 0.0401. The van der Waals surface area contributed by atoms with Crippen LogP contribution in [-0.2, 0) is 18.1 Å². The van der Waals surface area contributed by atoms with Gasteiger partial charge in [0, 0.05) is 21.3 Å². The van der Waals surface area contributed by atoms with Crippen LogP contribution in [0, 0.1) is 0 Å². The number of carboxylic acids is 1. The largest absolute Gasteiger partial charge is 0.544 e. The summed E-state index contributed by atoms with van der Waals surface area (Å²) in [5, 5.41) is 10.5. The second-order valence-corrected chi connectivity index (χ2v) is 7.33. The van der Waals surface area contributed by atoms with Crippen molar-refractivity contribution in [3.63, 3.8) is 0 Å². The van der Waals surface area contributed by atoms with Gasteiger partial charge in [-0.3, -0.25) is 0 Å². The zero-order chi connectivity index (χ0) is 12.8. The van der Waals surface area contributed by atoms with Crippen LogP contribution >= 0.6 is 0 Å². The van der Waals surface area contributed by atoms with Crippen LogP contribution in [0.5, 0.6) is 0 Å². The van der Waals surface area contributed by atoms with Gasteiger partial charge in [0.05, 0.1) is 32.7 Å². The van der Waals surface area contributed by atoms with Crippen LogP contribution in [0.2, 0.25) is 6.04 Å². The molecular formula is C9H21NO5Si. The van der Waals surface area contributed by atoms with Crippen molar-refractivity contribution in [1.82, 2.24) is 0 Å². The van der Waals surface area contributed by atoms with E-state index >= 15 is 0 Å². The number of carbonyl (C=O) groups is 1. The molecule has 0 amide bonds. The molecule has 0 saturated carbocycles. The first-order valence-electron chi connectivity index (χ1n) is 4.98. The van der Waals surface area contributed by atoms with Crippen molar-refractivity contribution in [2.24, 2.45) is 0 Å². The van der Waals surface area contributed by atoms with Crippen molar-refractivity contribution in [3.05, 3.63) is 0 Å². The number of hydrogen-bond donors (Lipinski definition) is 0. The summed E-state index contributed by atoms with van der Waals surface area (Å²) in [6, 6.07) is 0.566. The molecule has 0 unspecified atom stereocenters. The highest BCUT2D eigenvalue weighted by Crippen LogP contribution is 2.14. The molecule has 96 valence electrons. The van der Waals surface area contributed by atoms with Crippen molar-refractivity contribution >= 4 is 14.8 Å². The summed E-state index contributed by atoms with van der Waals surface area (Å²) in [5.74, 6) is -1.07. The molecule has 0 N–H and O–H groups in total. The van der Waals surface area contributed by atoms with Gasteiger partial charge in [-0.25, -0.2) is 0 Å². The van der Waals surface area contributed by atoms with E-state index in [1.165, 1.54) is 21.3 Å². The van der Waals surface area contributed by atoms with E-state index in [0.717, 1.165) is 0 Å². The molecule has 0 rings (SSSR count). The van der Waals surface area contributed by atoms with E-state index in [2.05, 4.69) is 0 Å². The number of carboxylic acid groups (broad SMARTS) is 1. The van der Waals surface area contributed by atoms with E-state index in [9.17, 15) is 9.90 Å². The monoisotopic (exact) mass is 251 g/mol. The van der Waals surface area contributed by atoms with Gasteiger partial charge in [0.15, 0.2) is 0 Å². The molecule has 0 spiro atoms. The zero-order valence-corrected chi connectivity index (χ0v) is 11.6. The minimum atomic E-state index is -2.61. The van der Waals surface area contributed by atoms with Gasteiger partial charge >= 0.3 is 8.80 Å². The molecule has 0 aromatic carbocycles. The summed E-state index contributed by atoms with van der Waals surface area (Å²) in [7, 11) is 5.64. The molecule has 0 heterocycles. The Bertz CT molecular complexity index is 222. The molecule has 0 aromatic heterocycles. The Hall–Kier alpha value is -0.473. The molecule has 0 fully saturated rings. The molecule has 7 heteroatoms. The number of carbonyl (C=O) groups excluding carboxylic acids is 1. The maximum Gasteiger partial charge on any atom is 0.505 e. The van der Waals surface area contributed by atoms with E-state index in [1.807, 2.05) is 14.1 Å². The SMILES string of the molecule is CO[Si](CC[N+](C)(C)CC(=O)[O-])(OC)OC. The summed E-state index contributed by atoms with van der Waals surface area (Å²) in [6.45, 7) is 0.553. The highest BCUT2D eigenvalue weighted by Gasteiger charge is 2.39. The lowest BCUT2D eigenvalue weighted by Gasteiger charge is -2.33. The Labute approximate surface area is 97.7 Å². The lowest BCUT2D eigenvalue weighted by atomic mass is 10.4. The lowest BCUT2D eigenvalue weighted by Crippen LogP contribution is -2.53. The number of aliphatic carboxylic acids is 1. The van der Waals surface area contributed by atoms with Crippen LogP contribution in [0.4, 0.5) is 0 Å². The highest BCUT2D eigenvalue weighted by atomic mass is 28.4. The Kier molecular flexibility index (Phi) is 6.12. The first-order valence-corrected chi connectivity index (χ1v) is 6.91. The number of likely N-dealkylation sites (N-methyl/N-ethyl adjacent to an activating group) is 1. The van der Waals surface area contributed by atoms with Gasteiger partial charge in [0.25, 0.3) is 0 Å². The molecule has 0 bridgehead atoms. The van der Waals surface area contributed by atoms with Gasteiger partial charge in [-0.1, -0.05) is 0 Å². The third kappa shape index (κ3) is 5.04. The summed E-state index contributed by atoms with van der Waals surface area (Å²) >= 11 is 0. The molecule has 16 heavy (non-hydrogen) atoms. The number of rotatable bonds is 8. The zero-order valence-electron chi connectivity index (χ0n) is 10.6. The molecule has 6 nitrogen and oxygen atoms in total. The molecule has 0 aliphatic rings. The van der Waals surface area contributed by atoms with E-state index in [1.54, 1.807) is 0 Å². The highest BCUT2D eigenvalue weighted by molar-refractivity contribution is 6.60. The summed E-state index contributed by atoms with van der Waals surface area (Å²) in [6.07, 6.45) is 0. The van der Waals surface area contributed by atoms with Crippen molar-refractivity contribution < 1.29 is 27.7 Å². The second-order valence-electron chi connectivity index (χ2n) is 4.23. The molecule has 0 aliphatic heterocycles. The maximum absolute atomic E-state index is 10.5. The lowest BCUT2D eigenvalue weighted by molar-refractivity contribution is -0.883. The third-order valence-corrected chi connectivity index (χ3v) is 5.22. The van der Waals surface area contributed by atoms with Crippen LogP contribution in [0.25, 0.3) is 0 Å². The maximum atomic E-state index is 10.5. The average Bonchev–Trinajstić information content (AvgIpc) is 2.19.